The van der Waals surface area contributed by atoms with E-state index in [9.17, 15) is 18.3 Å². The van der Waals surface area contributed by atoms with Crippen LogP contribution >= 0.6 is 34.8 Å². The topological polar surface area (TPSA) is 113 Å². The number of aliphatic hydroxyl groups is 1. The Kier molecular flexibility index (Phi) is 7.32. The van der Waals surface area contributed by atoms with E-state index in [2.05, 4.69) is 4.72 Å². The Morgan fingerprint density at radius 2 is 1.74 bits per heavy atom. The molecular formula is C16H14Cl3NO6S. The maximum atomic E-state index is 12.3. The lowest BCUT2D eigenvalue weighted by molar-refractivity contribution is 0.0692. The van der Waals surface area contributed by atoms with Crippen molar-refractivity contribution in [1.82, 2.24) is 4.72 Å². The zero-order valence-electron chi connectivity index (χ0n) is 13.5. The van der Waals surface area contributed by atoms with Crippen molar-refractivity contribution in [3.8, 4) is 5.75 Å². The van der Waals surface area contributed by atoms with Gasteiger partial charge in [0, 0.05) is 11.6 Å². The van der Waals surface area contributed by atoms with E-state index in [1.165, 1.54) is 30.3 Å². The van der Waals surface area contributed by atoms with E-state index in [1.54, 1.807) is 0 Å². The third-order valence-corrected chi connectivity index (χ3v) is 5.56. The first-order valence-electron chi connectivity index (χ1n) is 7.39. The van der Waals surface area contributed by atoms with Gasteiger partial charge in [0.15, 0.2) is 5.75 Å². The highest BCUT2D eigenvalue weighted by Crippen LogP contribution is 2.35. The first-order chi connectivity index (χ1) is 12.6. The van der Waals surface area contributed by atoms with Crippen LogP contribution in [0.25, 0.3) is 0 Å². The van der Waals surface area contributed by atoms with E-state index >= 15 is 0 Å². The van der Waals surface area contributed by atoms with Crippen molar-refractivity contribution >= 4 is 50.8 Å². The number of sulfonamides is 1. The average Bonchev–Trinajstić information content (AvgIpc) is 2.59. The molecule has 1 unspecified atom stereocenters. The minimum Gasteiger partial charge on any atom is -0.488 e. The van der Waals surface area contributed by atoms with Crippen LogP contribution in [0.15, 0.2) is 41.3 Å². The second-order valence-corrected chi connectivity index (χ2v) is 8.30. The molecule has 0 saturated carbocycles. The Hall–Kier alpha value is -1.55. The molecule has 0 fully saturated rings. The molecular weight excluding hydrogens is 441 g/mol. The summed E-state index contributed by atoms with van der Waals surface area (Å²) in [6, 6.07) is 7.93. The summed E-state index contributed by atoms with van der Waals surface area (Å²) in [5.41, 5.74) is -0.379. The highest BCUT2D eigenvalue weighted by molar-refractivity contribution is 7.89. The molecule has 0 aliphatic carbocycles. The number of hydrogen-bond donors (Lipinski definition) is 3. The summed E-state index contributed by atoms with van der Waals surface area (Å²) in [6.07, 6.45) is -1.25. The standard InChI is InChI=1S/C16H14Cl3NO6S/c17-9-5-12(18)15(13(19)6-9)26-8-10(21)7-20-27(24,25)14-4-2-1-3-11(14)16(22)23/h1-6,10,20-21H,7-8H2,(H,22,23). The van der Waals surface area contributed by atoms with Crippen LogP contribution in [-0.2, 0) is 10.0 Å². The normalized spacial score (nSPS) is 12.6. The predicted molar refractivity (Wildman–Crippen MR) is 102 cm³/mol. The van der Waals surface area contributed by atoms with Crippen molar-refractivity contribution < 1.29 is 28.2 Å². The van der Waals surface area contributed by atoms with Crippen molar-refractivity contribution in [2.45, 2.75) is 11.0 Å². The summed E-state index contributed by atoms with van der Waals surface area (Å²) in [6.45, 7) is -0.733. The van der Waals surface area contributed by atoms with E-state index < -0.39 is 33.5 Å². The average molecular weight is 455 g/mol. The maximum Gasteiger partial charge on any atom is 0.337 e. The molecule has 0 aliphatic rings. The van der Waals surface area contributed by atoms with Gasteiger partial charge in [-0.05, 0) is 24.3 Å². The molecule has 2 aromatic carbocycles. The number of benzene rings is 2. The summed E-state index contributed by atoms with van der Waals surface area (Å²) < 4.78 is 32.0. The first kappa shape index (κ1) is 21.7. The van der Waals surface area contributed by atoms with E-state index in [1.807, 2.05) is 0 Å². The predicted octanol–water partition coefficient (Wildman–Crippen LogP) is 3.06. The van der Waals surface area contributed by atoms with Gasteiger partial charge in [-0.3, -0.25) is 0 Å². The Balaban J connectivity index is 2.01. The lowest BCUT2D eigenvalue weighted by atomic mass is 10.2. The van der Waals surface area contributed by atoms with Gasteiger partial charge in [0.1, 0.15) is 12.7 Å². The fraction of sp³-hybridized carbons (Fsp3) is 0.188. The zero-order valence-corrected chi connectivity index (χ0v) is 16.6. The molecule has 0 spiro atoms. The molecule has 0 aliphatic heterocycles. The number of halogens is 3. The zero-order chi connectivity index (χ0) is 20.2. The molecule has 7 nitrogen and oxygen atoms in total. The Labute approximate surface area is 170 Å². The van der Waals surface area contributed by atoms with Crippen LogP contribution in [0, 0.1) is 0 Å². The number of nitrogens with one attached hydrogen (secondary N) is 1. The molecule has 0 aromatic heterocycles. The van der Waals surface area contributed by atoms with Gasteiger partial charge in [-0.2, -0.15) is 0 Å². The second-order valence-electron chi connectivity index (χ2n) is 5.32. The van der Waals surface area contributed by atoms with E-state index in [4.69, 9.17) is 44.6 Å². The monoisotopic (exact) mass is 453 g/mol. The number of rotatable bonds is 8. The van der Waals surface area contributed by atoms with Gasteiger partial charge in [0.25, 0.3) is 0 Å². The fourth-order valence-corrected chi connectivity index (χ4v) is 4.26. The van der Waals surface area contributed by atoms with Gasteiger partial charge in [0.2, 0.25) is 10.0 Å². The molecule has 0 bridgehead atoms. The molecule has 2 aromatic rings. The van der Waals surface area contributed by atoms with Crippen molar-refractivity contribution in [3.63, 3.8) is 0 Å². The van der Waals surface area contributed by atoms with Gasteiger partial charge >= 0.3 is 5.97 Å². The van der Waals surface area contributed by atoms with Crippen LogP contribution in [-0.4, -0.2) is 43.9 Å². The van der Waals surface area contributed by atoms with E-state index in [-0.39, 0.29) is 28.0 Å². The lowest BCUT2D eigenvalue weighted by Crippen LogP contribution is -2.35. The van der Waals surface area contributed by atoms with Crippen LogP contribution in [0.5, 0.6) is 5.75 Å². The molecule has 11 heteroatoms. The molecule has 2 rings (SSSR count). The van der Waals surface area contributed by atoms with Gasteiger partial charge in [-0.25, -0.2) is 17.9 Å². The molecule has 0 amide bonds. The SMILES string of the molecule is O=C(O)c1ccccc1S(=O)(=O)NCC(O)COc1c(Cl)cc(Cl)cc1Cl. The van der Waals surface area contributed by atoms with Gasteiger partial charge in [0.05, 0.1) is 20.5 Å². The summed E-state index contributed by atoms with van der Waals surface area (Å²) >= 11 is 17.7. The van der Waals surface area contributed by atoms with Crippen LogP contribution < -0.4 is 9.46 Å². The summed E-state index contributed by atoms with van der Waals surface area (Å²) in [5.74, 6) is -1.28. The molecule has 0 heterocycles. The molecule has 0 saturated heterocycles. The number of hydrogen-bond acceptors (Lipinski definition) is 5. The van der Waals surface area contributed by atoms with Crippen molar-refractivity contribution in [2.24, 2.45) is 0 Å². The van der Waals surface area contributed by atoms with Crippen LogP contribution in [0.4, 0.5) is 0 Å². The van der Waals surface area contributed by atoms with Crippen LogP contribution in [0.2, 0.25) is 15.1 Å². The van der Waals surface area contributed by atoms with Crippen LogP contribution in [0.1, 0.15) is 10.4 Å². The largest absolute Gasteiger partial charge is 0.488 e. The van der Waals surface area contributed by atoms with Crippen molar-refractivity contribution in [3.05, 3.63) is 57.0 Å². The van der Waals surface area contributed by atoms with Gasteiger partial charge in [-0.15, -0.1) is 0 Å². The van der Waals surface area contributed by atoms with E-state index in [0.29, 0.717) is 5.02 Å². The first-order valence-corrected chi connectivity index (χ1v) is 10.0. The molecule has 146 valence electrons. The molecule has 3 N–H and O–H groups in total. The van der Waals surface area contributed by atoms with Crippen molar-refractivity contribution in [1.29, 1.82) is 0 Å². The van der Waals surface area contributed by atoms with E-state index in [0.717, 1.165) is 6.07 Å². The van der Waals surface area contributed by atoms with Gasteiger partial charge < -0.3 is 14.9 Å². The quantitative estimate of drug-likeness (QED) is 0.565. The minimum atomic E-state index is -4.15. The Bertz CT molecular complexity index is 928. The summed E-state index contributed by atoms with van der Waals surface area (Å²) in [7, 11) is -4.15. The number of carboxylic acids is 1. The van der Waals surface area contributed by atoms with Crippen molar-refractivity contribution in [2.75, 3.05) is 13.2 Å². The highest BCUT2D eigenvalue weighted by Gasteiger charge is 2.22. The fourth-order valence-electron chi connectivity index (χ4n) is 2.07. The smallest absolute Gasteiger partial charge is 0.337 e. The molecule has 0 radical (unpaired) electrons. The summed E-state index contributed by atoms with van der Waals surface area (Å²) in [5, 5.41) is 19.6. The summed E-state index contributed by atoms with van der Waals surface area (Å²) in [4.78, 5) is 10.7. The Morgan fingerprint density at radius 1 is 1.15 bits per heavy atom. The Morgan fingerprint density at radius 3 is 2.33 bits per heavy atom. The number of carbonyl (C=O) groups is 1. The number of carboxylic acid groups (broad SMARTS) is 1. The molecule has 27 heavy (non-hydrogen) atoms. The number of aromatic carboxylic acids is 1. The minimum absolute atomic E-state index is 0.0980. The van der Waals surface area contributed by atoms with Crippen LogP contribution in [0.3, 0.4) is 0 Å². The molecule has 1 atom stereocenters. The third kappa shape index (κ3) is 5.71. The third-order valence-electron chi connectivity index (χ3n) is 3.30. The lowest BCUT2D eigenvalue weighted by Gasteiger charge is -2.16. The second kappa shape index (κ2) is 9.09. The number of ether oxygens (including phenoxy) is 1. The highest BCUT2D eigenvalue weighted by atomic mass is 35.5. The van der Waals surface area contributed by atoms with Gasteiger partial charge in [-0.1, -0.05) is 46.9 Å². The maximum absolute atomic E-state index is 12.3. The number of aliphatic hydroxyl groups excluding tert-OH is 1.